The molecule has 0 fully saturated rings. The van der Waals surface area contributed by atoms with Gasteiger partial charge in [-0.15, -0.1) is 11.3 Å². The van der Waals surface area contributed by atoms with Gasteiger partial charge in [-0.3, -0.25) is 4.98 Å². The molecule has 2 aromatic rings. The number of aromatic nitrogens is 1. The van der Waals surface area contributed by atoms with E-state index >= 15 is 0 Å². The van der Waals surface area contributed by atoms with Crippen molar-refractivity contribution < 1.29 is 0 Å². The molecule has 0 aliphatic heterocycles. The number of pyridine rings is 1. The molecule has 0 spiro atoms. The minimum absolute atomic E-state index is 0.401. The van der Waals surface area contributed by atoms with E-state index in [2.05, 4.69) is 4.98 Å². The largest absolute Gasteiger partial charge is 0.389 e. The number of rotatable bonds is 2. The van der Waals surface area contributed by atoms with E-state index < -0.39 is 0 Å². The van der Waals surface area contributed by atoms with Crippen molar-refractivity contribution in [2.75, 3.05) is 0 Å². The van der Waals surface area contributed by atoms with Crippen molar-refractivity contribution >= 4 is 28.5 Å². The first kappa shape index (κ1) is 10.3. The van der Waals surface area contributed by atoms with Gasteiger partial charge >= 0.3 is 0 Å². The number of hydrogen-bond donors (Lipinski definition) is 1. The smallest absolute Gasteiger partial charge is 0.105 e. The Labute approximate surface area is 97.8 Å². The summed E-state index contributed by atoms with van der Waals surface area (Å²) in [4.78, 5) is 6.04. The van der Waals surface area contributed by atoms with E-state index in [1.165, 1.54) is 0 Å². The lowest BCUT2D eigenvalue weighted by atomic mass is 10.2. The normalized spacial score (nSPS) is 10.2. The molecule has 2 rings (SSSR count). The predicted octanol–water partition coefficient (Wildman–Crippen LogP) is 2.75. The van der Waals surface area contributed by atoms with Crippen LogP contribution in [0.25, 0.3) is 10.6 Å². The minimum Gasteiger partial charge on any atom is -0.389 e. The van der Waals surface area contributed by atoms with Crippen molar-refractivity contribution in [2.24, 2.45) is 5.73 Å². The first-order valence-corrected chi connectivity index (χ1v) is 5.78. The second kappa shape index (κ2) is 4.08. The summed E-state index contributed by atoms with van der Waals surface area (Å²) >= 11 is 6.61. The van der Waals surface area contributed by atoms with E-state index in [1.54, 1.807) is 11.3 Å². The fourth-order valence-electron chi connectivity index (χ4n) is 1.38. The molecule has 0 aliphatic carbocycles. The number of aryl methyl sites for hydroxylation is 1. The van der Waals surface area contributed by atoms with Crippen LogP contribution < -0.4 is 5.73 Å². The van der Waals surface area contributed by atoms with Crippen LogP contribution in [0.1, 0.15) is 11.3 Å². The molecule has 0 aromatic carbocycles. The molecule has 15 heavy (non-hydrogen) atoms. The van der Waals surface area contributed by atoms with Gasteiger partial charge in [0, 0.05) is 11.3 Å². The first-order chi connectivity index (χ1) is 7.18. The third-order valence-corrected chi connectivity index (χ3v) is 3.24. The molecule has 0 radical (unpaired) electrons. The maximum absolute atomic E-state index is 5.58. The summed E-state index contributed by atoms with van der Waals surface area (Å²) in [6, 6.07) is 7.94. The lowest BCUT2D eigenvalue weighted by Gasteiger charge is -2.04. The Kier molecular flexibility index (Phi) is 2.79. The minimum atomic E-state index is 0.401. The fourth-order valence-corrected chi connectivity index (χ4v) is 2.29. The third kappa shape index (κ3) is 2.06. The van der Waals surface area contributed by atoms with Gasteiger partial charge in [0.2, 0.25) is 0 Å². The maximum Gasteiger partial charge on any atom is 0.105 e. The van der Waals surface area contributed by atoms with Gasteiger partial charge in [-0.25, -0.2) is 0 Å². The van der Waals surface area contributed by atoms with Crippen LogP contribution in [0.2, 0.25) is 0 Å². The number of nitrogens with zero attached hydrogens (tertiary/aromatic N) is 1. The maximum atomic E-state index is 5.58. The summed E-state index contributed by atoms with van der Waals surface area (Å²) in [7, 11) is 0. The van der Waals surface area contributed by atoms with Crippen molar-refractivity contribution in [2.45, 2.75) is 6.92 Å². The topological polar surface area (TPSA) is 38.9 Å². The van der Waals surface area contributed by atoms with Gasteiger partial charge in [-0.1, -0.05) is 18.3 Å². The predicted molar refractivity (Wildman–Crippen MR) is 68.2 cm³/mol. The van der Waals surface area contributed by atoms with Crippen LogP contribution in [0.3, 0.4) is 0 Å². The average molecular weight is 234 g/mol. The Morgan fingerprint density at radius 2 is 2.20 bits per heavy atom. The van der Waals surface area contributed by atoms with E-state index in [1.807, 2.05) is 36.6 Å². The Morgan fingerprint density at radius 3 is 2.73 bits per heavy atom. The number of hydrogen-bond acceptors (Lipinski definition) is 3. The standard InChI is InChI=1S/C11H10N2S2/c1-7-8(11(12)14)4-5-9(13-7)10-3-2-6-15-10/h2-6H,1H3,(H2,12,14). The van der Waals surface area contributed by atoms with Gasteiger partial charge < -0.3 is 5.73 Å². The van der Waals surface area contributed by atoms with Crippen LogP contribution >= 0.6 is 23.6 Å². The molecule has 0 amide bonds. The first-order valence-electron chi connectivity index (χ1n) is 4.50. The van der Waals surface area contributed by atoms with Crippen LogP contribution in [-0.4, -0.2) is 9.97 Å². The van der Waals surface area contributed by atoms with E-state index in [4.69, 9.17) is 18.0 Å². The van der Waals surface area contributed by atoms with Gasteiger partial charge in [0.15, 0.2) is 0 Å². The molecule has 2 aromatic heterocycles. The summed E-state index contributed by atoms with van der Waals surface area (Å²) in [5, 5.41) is 2.04. The van der Waals surface area contributed by atoms with E-state index in [-0.39, 0.29) is 0 Å². The van der Waals surface area contributed by atoms with Crippen LogP contribution in [-0.2, 0) is 0 Å². The molecular formula is C11H10N2S2. The molecule has 4 heteroatoms. The highest BCUT2D eigenvalue weighted by atomic mass is 32.1. The SMILES string of the molecule is Cc1nc(-c2cccs2)ccc1C(N)=S. The average Bonchev–Trinajstić information content (AvgIpc) is 2.69. The zero-order chi connectivity index (χ0) is 10.8. The third-order valence-electron chi connectivity index (χ3n) is 2.12. The van der Waals surface area contributed by atoms with Crippen molar-refractivity contribution in [3.8, 4) is 10.6 Å². The molecular weight excluding hydrogens is 224 g/mol. The van der Waals surface area contributed by atoms with Gasteiger partial charge in [-0.2, -0.15) is 0 Å². The molecule has 0 saturated carbocycles. The van der Waals surface area contributed by atoms with Crippen molar-refractivity contribution in [3.63, 3.8) is 0 Å². The lowest BCUT2D eigenvalue weighted by molar-refractivity contribution is 1.20. The molecule has 0 atom stereocenters. The van der Waals surface area contributed by atoms with Crippen LogP contribution in [0.15, 0.2) is 29.6 Å². The lowest BCUT2D eigenvalue weighted by Crippen LogP contribution is -2.12. The highest BCUT2D eigenvalue weighted by Crippen LogP contribution is 2.23. The van der Waals surface area contributed by atoms with Crippen molar-refractivity contribution in [1.82, 2.24) is 4.98 Å². The summed E-state index contributed by atoms with van der Waals surface area (Å²) in [5.41, 5.74) is 8.29. The van der Waals surface area contributed by atoms with E-state index in [0.29, 0.717) is 4.99 Å². The van der Waals surface area contributed by atoms with Crippen LogP contribution in [0, 0.1) is 6.92 Å². The second-order valence-electron chi connectivity index (χ2n) is 3.17. The van der Waals surface area contributed by atoms with Gasteiger partial charge in [0.25, 0.3) is 0 Å². The van der Waals surface area contributed by atoms with Crippen LogP contribution in [0.4, 0.5) is 0 Å². The zero-order valence-electron chi connectivity index (χ0n) is 8.23. The van der Waals surface area contributed by atoms with Gasteiger partial charge in [0.05, 0.1) is 10.6 Å². The highest BCUT2D eigenvalue weighted by Gasteiger charge is 2.05. The number of thiophene rings is 1. The molecule has 0 unspecified atom stereocenters. The quantitative estimate of drug-likeness (QED) is 0.812. The molecule has 0 aliphatic rings. The molecule has 2 heterocycles. The Morgan fingerprint density at radius 1 is 1.40 bits per heavy atom. The van der Waals surface area contributed by atoms with E-state index in [9.17, 15) is 0 Å². The van der Waals surface area contributed by atoms with Crippen molar-refractivity contribution in [1.29, 1.82) is 0 Å². The Balaban J connectivity index is 2.47. The molecule has 0 saturated heterocycles. The van der Waals surface area contributed by atoms with Gasteiger partial charge in [-0.05, 0) is 30.5 Å². The number of nitrogens with two attached hydrogens (primary N) is 1. The van der Waals surface area contributed by atoms with E-state index in [0.717, 1.165) is 21.8 Å². The Bertz CT molecular complexity index is 489. The molecule has 76 valence electrons. The summed E-state index contributed by atoms with van der Waals surface area (Å²) in [5.74, 6) is 0. The molecule has 2 nitrogen and oxygen atoms in total. The second-order valence-corrected chi connectivity index (χ2v) is 4.56. The monoisotopic (exact) mass is 234 g/mol. The van der Waals surface area contributed by atoms with Gasteiger partial charge in [0.1, 0.15) is 4.99 Å². The molecule has 0 bridgehead atoms. The van der Waals surface area contributed by atoms with Crippen LogP contribution in [0.5, 0.6) is 0 Å². The summed E-state index contributed by atoms with van der Waals surface area (Å²) < 4.78 is 0. The highest BCUT2D eigenvalue weighted by molar-refractivity contribution is 7.80. The zero-order valence-corrected chi connectivity index (χ0v) is 9.86. The summed E-state index contributed by atoms with van der Waals surface area (Å²) in [6.07, 6.45) is 0. The summed E-state index contributed by atoms with van der Waals surface area (Å²) in [6.45, 7) is 1.92. The number of thiocarbonyl (C=S) groups is 1. The molecule has 2 N–H and O–H groups in total. The Hall–Kier alpha value is -1.26. The fraction of sp³-hybridized carbons (Fsp3) is 0.0909. The van der Waals surface area contributed by atoms with Crippen molar-refractivity contribution in [3.05, 3.63) is 40.9 Å².